The first-order valence-electron chi connectivity index (χ1n) is 21.5. The minimum Gasteiger partial charge on any atom is -0.497 e. The van der Waals surface area contributed by atoms with Crippen LogP contribution in [0.15, 0.2) is 157 Å². The van der Waals surface area contributed by atoms with Crippen molar-refractivity contribution >= 4 is 38.9 Å². The summed E-state index contributed by atoms with van der Waals surface area (Å²) in [6.07, 6.45) is 3.07. The summed E-state index contributed by atoms with van der Waals surface area (Å²) in [6.45, 7) is 9.09. The number of benzene rings is 5. The molecular weight excluding hydrogens is 821 g/mol. The van der Waals surface area contributed by atoms with Gasteiger partial charge in [0.25, 0.3) is 5.91 Å². The van der Waals surface area contributed by atoms with E-state index in [9.17, 15) is 4.79 Å². The molecule has 1 aliphatic heterocycles. The van der Waals surface area contributed by atoms with Crippen LogP contribution < -0.4 is 14.8 Å². The van der Waals surface area contributed by atoms with Gasteiger partial charge < -0.3 is 28.7 Å². The summed E-state index contributed by atoms with van der Waals surface area (Å²) in [5.41, 5.74) is 3.93. The van der Waals surface area contributed by atoms with Crippen molar-refractivity contribution in [3.8, 4) is 11.5 Å². The maximum atomic E-state index is 13.3. The molecule has 0 saturated carbocycles. The summed E-state index contributed by atoms with van der Waals surface area (Å²) in [6, 6.07) is 44.6. The van der Waals surface area contributed by atoms with Crippen molar-refractivity contribution in [3.05, 3.63) is 180 Å². The second-order valence-corrected chi connectivity index (χ2v) is 19.3. The van der Waals surface area contributed by atoms with Gasteiger partial charge in [0.1, 0.15) is 41.7 Å². The molecule has 1 amide bonds. The largest absolute Gasteiger partial charge is 0.497 e. The van der Waals surface area contributed by atoms with Crippen molar-refractivity contribution in [2.75, 3.05) is 26.1 Å². The van der Waals surface area contributed by atoms with Crippen LogP contribution in [0.3, 0.4) is 0 Å². The van der Waals surface area contributed by atoms with Crippen molar-refractivity contribution in [1.82, 2.24) is 19.5 Å². The number of hydrogen-bond acceptors (Lipinski definition) is 10. The van der Waals surface area contributed by atoms with Gasteiger partial charge in [0.2, 0.25) is 0 Å². The maximum Gasteiger partial charge on any atom is 0.256 e. The van der Waals surface area contributed by atoms with Crippen molar-refractivity contribution in [3.63, 3.8) is 0 Å². The Labute approximate surface area is 376 Å². The van der Waals surface area contributed by atoms with Crippen LogP contribution in [0.1, 0.15) is 66.5 Å². The first-order valence-corrected chi connectivity index (χ1v) is 22.8. The van der Waals surface area contributed by atoms with Crippen LogP contribution in [0.5, 0.6) is 11.5 Å². The molecule has 5 aromatic carbocycles. The third-order valence-corrected chi connectivity index (χ3v) is 14.4. The van der Waals surface area contributed by atoms with Crippen molar-refractivity contribution in [1.29, 1.82) is 0 Å². The number of amides is 1. The highest BCUT2D eigenvalue weighted by Crippen LogP contribution is 2.44. The van der Waals surface area contributed by atoms with E-state index in [2.05, 4.69) is 50.1 Å². The molecule has 1 saturated heterocycles. The summed E-state index contributed by atoms with van der Waals surface area (Å²) in [7, 11) is 2.10. The molecule has 1 fully saturated rings. The number of hydrogen-bond donors (Lipinski definition) is 1. The lowest BCUT2D eigenvalue weighted by atomic mass is 9.80. The molecule has 13 heteroatoms. The molecule has 2 aromatic heterocycles. The van der Waals surface area contributed by atoms with Crippen LogP contribution in [0, 0.1) is 5.92 Å². The van der Waals surface area contributed by atoms with E-state index in [0.29, 0.717) is 22.6 Å². The third-order valence-electron chi connectivity index (χ3n) is 12.3. The van der Waals surface area contributed by atoms with Crippen molar-refractivity contribution in [2.45, 2.75) is 62.8 Å². The van der Waals surface area contributed by atoms with Gasteiger partial charge in [-0.05, 0) is 69.6 Å². The topological polar surface area (TPSA) is 131 Å². The van der Waals surface area contributed by atoms with Gasteiger partial charge in [0.05, 0.1) is 27.2 Å². The molecule has 3 heterocycles. The molecule has 0 spiro atoms. The van der Waals surface area contributed by atoms with Gasteiger partial charge in [-0.3, -0.25) is 14.4 Å². The van der Waals surface area contributed by atoms with E-state index in [4.69, 9.17) is 38.3 Å². The SMILES string of the molecule is COc1ccc(C(OC[C@H]2O[C@@H](n3cnc4c(NC(=O)c5ccccc5)ncnc43)[C@H](O[SiH2]C(C)(C)C(C)C)[C@@H]2/N=C\c2ccccc2)(c2ccccc2)c2ccc(OC)cc2)cc1. The van der Waals surface area contributed by atoms with Crippen LogP contribution in [-0.2, 0) is 19.5 Å². The van der Waals surface area contributed by atoms with E-state index >= 15 is 0 Å². The molecule has 0 aliphatic carbocycles. The second kappa shape index (κ2) is 19.5. The van der Waals surface area contributed by atoms with E-state index < -0.39 is 39.8 Å². The number of imidazole rings is 1. The Bertz CT molecular complexity index is 2600. The van der Waals surface area contributed by atoms with E-state index in [1.54, 1.807) is 32.7 Å². The van der Waals surface area contributed by atoms with Gasteiger partial charge in [0.15, 0.2) is 33.0 Å². The quantitative estimate of drug-likeness (QED) is 0.0542. The first kappa shape index (κ1) is 44.1. The summed E-state index contributed by atoms with van der Waals surface area (Å²) in [5.74, 6) is 1.81. The standard InChI is InChI=1S/C51H54N6O6Si/c1-34(2)50(3,4)64-63-45-43(52-30-35-16-10-7-11-17-35)42(62-49(45)57-33-55-44-46(53-32-54-47(44)57)56-48(58)36-18-12-8-13-19-36)31-61-51(37-20-14-9-15-21-37,38-22-26-40(59-5)27-23-38)39-24-28-41(60-6)29-25-39/h7-30,32-34,42-43,45,49H,31,64H2,1-6H3,(H,53,54,56,58)/b52-30-/t42-,43-,45-,49-/m1/s1. The van der Waals surface area contributed by atoms with Gasteiger partial charge in [-0.1, -0.05) is 131 Å². The number of fused-ring (bicyclic) bond motifs is 1. The van der Waals surface area contributed by atoms with E-state index in [1.807, 2.05) is 126 Å². The molecule has 0 unspecified atom stereocenters. The van der Waals surface area contributed by atoms with Crippen LogP contribution in [0.2, 0.25) is 5.04 Å². The minimum absolute atomic E-state index is 0.0495. The van der Waals surface area contributed by atoms with E-state index in [1.165, 1.54) is 6.33 Å². The lowest BCUT2D eigenvalue weighted by molar-refractivity contribution is -0.0845. The average Bonchev–Trinajstić information content (AvgIpc) is 3.93. The lowest BCUT2D eigenvalue weighted by Gasteiger charge is -2.37. The Morgan fingerprint density at radius 3 is 1.97 bits per heavy atom. The van der Waals surface area contributed by atoms with Crippen LogP contribution in [0.25, 0.3) is 11.2 Å². The predicted octanol–water partition coefficient (Wildman–Crippen LogP) is 8.81. The first-order chi connectivity index (χ1) is 31.1. The maximum absolute atomic E-state index is 13.3. The molecule has 64 heavy (non-hydrogen) atoms. The number of aliphatic imine (C=N–C) groups is 1. The van der Waals surface area contributed by atoms with E-state index in [0.717, 1.165) is 33.8 Å². The number of anilines is 1. The van der Waals surface area contributed by atoms with Crippen LogP contribution in [-0.4, -0.2) is 80.5 Å². The van der Waals surface area contributed by atoms with Gasteiger partial charge in [-0.15, -0.1) is 0 Å². The average molecular weight is 875 g/mol. The van der Waals surface area contributed by atoms with Gasteiger partial charge in [0, 0.05) is 11.8 Å². The second-order valence-electron chi connectivity index (χ2n) is 16.8. The fourth-order valence-corrected chi connectivity index (χ4v) is 9.13. The Balaban J connectivity index is 1.24. The number of carbonyl (C=O) groups excluding carboxylic acids is 1. The molecule has 1 N–H and O–H groups in total. The predicted molar refractivity (Wildman–Crippen MR) is 252 cm³/mol. The molecule has 0 radical (unpaired) electrons. The summed E-state index contributed by atoms with van der Waals surface area (Å²) >= 11 is 0. The van der Waals surface area contributed by atoms with Gasteiger partial charge in [-0.2, -0.15) is 0 Å². The third kappa shape index (κ3) is 9.24. The van der Waals surface area contributed by atoms with Crippen molar-refractivity contribution in [2.24, 2.45) is 10.9 Å². The number of ether oxygens (including phenoxy) is 4. The highest BCUT2D eigenvalue weighted by Gasteiger charge is 2.49. The molecule has 1 aliphatic rings. The Morgan fingerprint density at radius 1 is 0.797 bits per heavy atom. The highest BCUT2D eigenvalue weighted by atomic mass is 28.2. The number of nitrogens with zero attached hydrogens (tertiary/aromatic N) is 5. The lowest BCUT2D eigenvalue weighted by Crippen LogP contribution is -2.40. The van der Waals surface area contributed by atoms with Gasteiger partial charge >= 0.3 is 0 Å². The number of rotatable bonds is 17. The minimum atomic E-state index is -1.22. The molecule has 8 rings (SSSR count). The van der Waals surface area contributed by atoms with Crippen molar-refractivity contribution < 1.29 is 28.2 Å². The summed E-state index contributed by atoms with van der Waals surface area (Å²) in [4.78, 5) is 32.5. The number of carbonyl (C=O) groups is 1. The zero-order valence-electron chi connectivity index (χ0n) is 37.0. The number of methoxy groups -OCH3 is 2. The molecule has 328 valence electrons. The fraction of sp³-hybridized carbons (Fsp3) is 0.275. The molecule has 7 aromatic rings. The normalized spacial score (nSPS) is 18.0. The number of nitrogens with one attached hydrogen (secondary N) is 1. The Hall–Kier alpha value is -6.51. The molecule has 4 atom stereocenters. The Morgan fingerprint density at radius 2 is 1.38 bits per heavy atom. The van der Waals surface area contributed by atoms with Crippen LogP contribution in [0.4, 0.5) is 5.82 Å². The monoisotopic (exact) mass is 874 g/mol. The zero-order valence-corrected chi connectivity index (χ0v) is 38.4. The van der Waals surface area contributed by atoms with E-state index in [-0.39, 0.29) is 23.4 Å². The summed E-state index contributed by atoms with van der Waals surface area (Å²) < 4.78 is 34.9. The fourth-order valence-electron chi connectivity index (χ4n) is 7.81. The van der Waals surface area contributed by atoms with Gasteiger partial charge in [-0.25, -0.2) is 15.0 Å². The Kier molecular flexibility index (Phi) is 13.4. The summed E-state index contributed by atoms with van der Waals surface area (Å²) in [5, 5.41) is 2.89. The molecular formula is C51H54N6O6Si. The van der Waals surface area contributed by atoms with Crippen LogP contribution >= 0.6 is 0 Å². The highest BCUT2D eigenvalue weighted by molar-refractivity contribution is 6.32. The smallest absolute Gasteiger partial charge is 0.256 e. The zero-order chi connectivity index (χ0) is 44.7. The molecule has 12 nitrogen and oxygen atoms in total. The molecule has 0 bridgehead atoms. The number of aromatic nitrogens is 4.